The first-order chi connectivity index (χ1) is 8.58. The fraction of sp³-hybridized carbons (Fsp3) is 0.308. The van der Waals surface area contributed by atoms with Crippen molar-refractivity contribution in [3.05, 3.63) is 34.9 Å². The number of Topliss-reactive ketones (excluding diaryl/α,β-unsaturated/α-hetero) is 1. The van der Waals surface area contributed by atoms with Gasteiger partial charge >= 0.3 is 11.9 Å². The standard InChI is InChI=1S/C13H12O5/c1-17-12(15)7-3-4-9-8(5-7)6-10(11(9)14)13(16)18-2/h3-5,10H,6H2,1-2H3. The van der Waals surface area contributed by atoms with Crippen LogP contribution < -0.4 is 0 Å². The molecule has 5 heteroatoms. The number of fused-ring (bicyclic) bond motifs is 1. The summed E-state index contributed by atoms with van der Waals surface area (Å²) in [7, 11) is 2.54. The molecule has 0 heterocycles. The molecule has 1 atom stereocenters. The molecular formula is C13H12O5. The zero-order valence-electron chi connectivity index (χ0n) is 10.1. The van der Waals surface area contributed by atoms with Gasteiger partial charge in [0.25, 0.3) is 0 Å². The average Bonchev–Trinajstić information content (AvgIpc) is 2.73. The smallest absolute Gasteiger partial charge is 0.337 e. The molecule has 0 fully saturated rings. The summed E-state index contributed by atoms with van der Waals surface area (Å²) in [6, 6.07) is 4.65. The Morgan fingerprint density at radius 1 is 1.22 bits per heavy atom. The van der Waals surface area contributed by atoms with Crippen LogP contribution in [0.3, 0.4) is 0 Å². The molecule has 18 heavy (non-hydrogen) atoms. The second kappa shape index (κ2) is 4.60. The Labute approximate surface area is 104 Å². The molecule has 1 aliphatic rings. The highest BCUT2D eigenvalue weighted by atomic mass is 16.5. The van der Waals surface area contributed by atoms with Gasteiger partial charge in [-0.15, -0.1) is 0 Å². The molecule has 2 rings (SSSR count). The van der Waals surface area contributed by atoms with Gasteiger partial charge in [-0.3, -0.25) is 9.59 Å². The molecular weight excluding hydrogens is 236 g/mol. The van der Waals surface area contributed by atoms with E-state index in [4.69, 9.17) is 0 Å². The van der Waals surface area contributed by atoms with Crippen molar-refractivity contribution in [2.24, 2.45) is 5.92 Å². The summed E-state index contributed by atoms with van der Waals surface area (Å²) in [4.78, 5) is 34.7. The van der Waals surface area contributed by atoms with Crippen LogP contribution in [0.4, 0.5) is 0 Å². The monoisotopic (exact) mass is 248 g/mol. The Kier molecular flexibility index (Phi) is 3.14. The van der Waals surface area contributed by atoms with E-state index in [-0.39, 0.29) is 12.2 Å². The van der Waals surface area contributed by atoms with Crippen molar-refractivity contribution >= 4 is 17.7 Å². The van der Waals surface area contributed by atoms with Crippen molar-refractivity contribution in [3.8, 4) is 0 Å². The molecule has 0 bridgehead atoms. The lowest BCUT2D eigenvalue weighted by molar-refractivity contribution is -0.143. The molecule has 0 amide bonds. The maximum atomic E-state index is 11.9. The largest absolute Gasteiger partial charge is 0.468 e. The summed E-state index contributed by atoms with van der Waals surface area (Å²) in [6.45, 7) is 0. The van der Waals surface area contributed by atoms with E-state index in [0.717, 1.165) is 0 Å². The second-order valence-corrected chi connectivity index (χ2v) is 4.01. The van der Waals surface area contributed by atoms with E-state index in [2.05, 4.69) is 9.47 Å². The summed E-state index contributed by atoms with van der Waals surface area (Å²) in [6.07, 6.45) is 0.270. The number of esters is 2. The third kappa shape index (κ3) is 1.88. The molecule has 0 N–H and O–H groups in total. The molecule has 0 saturated carbocycles. The maximum absolute atomic E-state index is 11.9. The van der Waals surface area contributed by atoms with Gasteiger partial charge in [0.05, 0.1) is 19.8 Å². The molecule has 0 saturated heterocycles. The maximum Gasteiger partial charge on any atom is 0.337 e. The quantitative estimate of drug-likeness (QED) is 0.577. The van der Waals surface area contributed by atoms with Crippen LogP contribution in [0.2, 0.25) is 0 Å². The zero-order valence-corrected chi connectivity index (χ0v) is 10.1. The number of hydrogen-bond acceptors (Lipinski definition) is 5. The highest BCUT2D eigenvalue weighted by molar-refractivity contribution is 6.12. The van der Waals surface area contributed by atoms with Crippen LogP contribution in [0.5, 0.6) is 0 Å². The van der Waals surface area contributed by atoms with Crippen LogP contribution >= 0.6 is 0 Å². The minimum atomic E-state index is -0.794. The van der Waals surface area contributed by atoms with Gasteiger partial charge in [-0.1, -0.05) is 6.07 Å². The van der Waals surface area contributed by atoms with Gasteiger partial charge in [0.1, 0.15) is 5.92 Å². The van der Waals surface area contributed by atoms with Gasteiger partial charge in [-0.05, 0) is 24.1 Å². The number of benzene rings is 1. The van der Waals surface area contributed by atoms with Gasteiger partial charge in [0, 0.05) is 5.56 Å². The molecule has 0 aliphatic heterocycles. The molecule has 0 radical (unpaired) electrons. The van der Waals surface area contributed by atoms with Crippen LogP contribution in [-0.4, -0.2) is 31.9 Å². The SMILES string of the molecule is COC(=O)c1ccc2c(c1)CC(C(=O)OC)C2=O. The highest BCUT2D eigenvalue weighted by Gasteiger charge is 2.36. The predicted octanol–water partition coefficient (Wildman–Crippen LogP) is 1.00. The van der Waals surface area contributed by atoms with Crippen molar-refractivity contribution in [2.75, 3.05) is 14.2 Å². The van der Waals surface area contributed by atoms with Gasteiger partial charge in [0.2, 0.25) is 0 Å². The van der Waals surface area contributed by atoms with Gasteiger partial charge in [0.15, 0.2) is 5.78 Å². The molecule has 1 aromatic rings. The van der Waals surface area contributed by atoms with E-state index < -0.39 is 17.9 Å². The van der Waals surface area contributed by atoms with Crippen molar-refractivity contribution in [1.82, 2.24) is 0 Å². The summed E-state index contributed by atoms with van der Waals surface area (Å²) in [5.41, 5.74) is 1.52. The van der Waals surface area contributed by atoms with E-state index in [1.807, 2.05) is 0 Å². The average molecular weight is 248 g/mol. The summed E-state index contributed by atoms with van der Waals surface area (Å²) in [5.74, 6) is -2.06. The second-order valence-electron chi connectivity index (χ2n) is 4.01. The highest BCUT2D eigenvalue weighted by Crippen LogP contribution is 2.28. The Morgan fingerprint density at radius 2 is 1.94 bits per heavy atom. The normalized spacial score (nSPS) is 17.2. The lowest BCUT2D eigenvalue weighted by atomic mass is 10.1. The van der Waals surface area contributed by atoms with Crippen LogP contribution in [-0.2, 0) is 20.7 Å². The lowest BCUT2D eigenvalue weighted by Crippen LogP contribution is -2.21. The topological polar surface area (TPSA) is 69.7 Å². The van der Waals surface area contributed by atoms with E-state index >= 15 is 0 Å². The molecule has 0 spiro atoms. The fourth-order valence-electron chi connectivity index (χ4n) is 2.08. The Bertz CT molecular complexity index is 532. The van der Waals surface area contributed by atoms with E-state index in [0.29, 0.717) is 16.7 Å². The molecule has 94 valence electrons. The van der Waals surface area contributed by atoms with Crippen LogP contribution in [0, 0.1) is 5.92 Å². The van der Waals surface area contributed by atoms with Crippen molar-refractivity contribution in [1.29, 1.82) is 0 Å². The first-order valence-corrected chi connectivity index (χ1v) is 5.41. The van der Waals surface area contributed by atoms with E-state index in [1.165, 1.54) is 20.3 Å². The van der Waals surface area contributed by atoms with E-state index in [9.17, 15) is 14.4 Å². The number of carbonyl (C=O) groups is 3. The predicted molar refractivity (Wildman–Crippen MR) is 61.3 cm³/mol. The fourth-order valence-corrected chi connectivity index (χ4v) is 2.08. The van der Waals surface area contributed by atoms with Crippen molar-refractivity contribution in [2.45, 2.75) is 6.42 Å². The first kappa shape index (κ1) is 12.3. The number of methoxy groups -OCH3 is 2. The third-order valence-electron chi connectivity index (χ3n) is 3.02. The van der Waals surface area contributed by atoms with Crippen LogP contribution in [0.1, 0.15) is 26.3 Å². The summed E-state index contributed by atoms with van der Waals surface area (Å²) in [5, 5.41) is 0. The number of ether oxygens (including phenoxy) is 2. The van der Waals surface area contributed by atoms with Gasteiger partial charge in [-0.25, -0.2) is 4.79 Å². The van der Waals surface area contributed by atoms with Crippen molar-refractivity contribution in [3.63, 3.8) is 0 Å². The van der Waals surface area contributed by atoms with Crippen LogP contribution in [0.25, 0.3) is 0 Å². The molecule has 1 unspecified atom stereocenters. The Balaban J connectivity index is 2.34. The number of carbonyl (C=O) groups excluding carboxylic acids is 3. The Morgan fingerprint density at radius 3 is 2.56 bits per heavy atom. The van der Waals surface area contributed by atoms with Crippen molar-refractivity contribution < 1.29 is 23.9 Å². The number of hydrogen-bond donors (Lipinski definition) is 0. The number of rotatable bonds is 2. The molecule has 1 aliphatic carbocycles. The molecule has 1 aromatic carbocycles. The minimum Gasteiger partial charge on any atom is -0.468 e. The third-order valence-corrected chi connectivity index (χ3v) is 3.02. The van der Waals surface area contributed by atoms with Gasteiger partial charge < -0.3 is 9.47 Å². The summed E-state index contributed by atoms with van der Waals surface area (Å²) < 4.78 is 9.19. The first-order valence-electron chi connectivity index (χ1n) is 5.41. The van der Waals surface area contributed by atoms with Crippen LogP contribution in [0.15, 0.2) is 18.2 Å². The minimum absolute atomic E-state index is 0.256. The Hall–Kier alpha value is -2.17. The summed E-state index contributed by atoms with van der Waals surface area (Å²) >= 11 is 0. The lowest BCUT2D eigenvalue weighted by Gasteiger charge is -2.03. The van der Waals surface area contributed by atoms with E-state index in [1.54, 1.807) is 12.1 Å². The zero-order chi connectivity index (χ0) is 13.3. The molecule has 0 aromatic heterocycles. The number of ketones is 1. The molecule has 5 nitrogen and oxygen atoms in total. The van der Waals surface area contributed by atoms with Gasteiger partial charge in [-0.2, -0.15) is 0 Å².